The number of hydrogen-bond acceptors (Lipinski definition) is 4. The molecule has 0 saturated heterocycles. The molecule has 1 heterocycles. The van der Waals surface area contributed by atoms with Crippen molar-refractivity contribution in [2.45, 2.75) is 26.8 Å². The molecule has 0 saturated carbocycles. The fourth-order valence-electron chi connectivity index (χ4n) is 1.57. The van der Waals surface area contributed by atoms with E-state index in [9.17, 15) is 14.4 Å². The molecule has 0 spiro atoms. The maximum Gasteiger partial charge on any atom is 0.328 e. The number of H-pyrrole nitrogens is 1. The lowest BCUT2D eigenvalue weighted by molar-refractivity contribution is -0.144. The van der Waals surface area contributed by atoms with Crippen LogP contribution in [0, 0.1) is 5.92 Å². The summed E-state index contributed by atoms with van der Waals surface area (Å²) in [6.07, 6.45) is 1.46. The van der Waals surface area contributed by atoms with Gasteiger partial charge in [0.2, 0.25) is 0 Å². The number of ketones is 1. The van der Waals surface area contributed by atoms with E-state index in [0.29, 0.717) is 5.56 Å². The average molecular weight is 266 g/mol. The molecular formula is C13H18N2O4. The lowest BCUT2D eigenvalue weighted by Gasteiger charge is -2.19. The minimum Gasteiger partial charge on any atom is -0.467 e. The second-order valence-electron chi connectivity index (χ2n) is 4.58. The van der Waals surface area contributed by atoms with Crippen molar-refractivity contribution in [3.8, 4) is 0 Å². The zero-order valence-corrected chi connectivity index (χ0v) is 11.4. The van der Waals surface area contributed by atoms with Gasteiger partial charge in [0, 0.05) is 11.8 Å². The first-order chi connectivity index (χ1) is 8.86. The van der Waals surface area contributed by atoms with Crippen LogP contribution in [0.25, 0.3) is 0 Å². The van der Waals surface area contributed by atoms with Crippen molar-refractivity contribution in [3.05, 3.63) is 23.5 Å². The molecule has 104 valence electrons. The van der Waals surface area contributed by atoms with Crippen LogP contribution < -0.4 is 5.32 Å². The summed E-state index contributed by atoms with van der Waals surface area (Å²) in [5.74, 6) is -1.18. The van der Waals surface area contributed by atoms with Crippen molar-refractivity contribution in [2.75, 3.05) is 7.11 Å². The van der Waals surface area contributed by atoms with Crippen LogP contribution in [0.5, 0.6) is 0 Å². The first-order valence-electron chi connectivity index (χ1n) is 5.94. The van der Waals surface area contributed by atoms with Gasteiger partial charge in [-0.15, -0.1) is 0 Å². The molecule has 1 atom stereocenters. The number of aromatic nitrogens is 1. The maximum atomic E-state index is 12.0. The second-order valence-corrected chi connectivity index (χ2v) is 4.58. The minimum atomic E-state index is -0.721. The van der Waals surface area contributed by atoms with Gasteiger partial charge in [0.05, 0.1) is 7.11 Å². The van der Waals surface area contributed by atoms with Crippen molar-refractivity contribution in [3.63, 3.8) is 0 Å². The van der Waals surface area contributed by atoms with Crippen LogP contribution in [-0.4, -0.2) is 35.8 Å². The summed E-state index contributed by atoms with van der Waals surface area (Å²) in [6, 6.07) is 0.730. The number of methoxy groups -OCH3 is 1. The van der Waals surface area contributed by atoms with E-state index in [1.54, 1.807) is 13.8 Å². The van der Waals surface area contributed by atoms with Gasteiger partial charge in [-0.05, 0) is 18.9 Å². The number of esters is 1. The van der Waals surface area contributed by atoms with Crippen LogP contribution in [0.3, 0.4) is 0 Å². The molecule has 0 radical (unpaired) electrons. The molecule has 6 nitrogen and oxygen atoms in total. The molecule has 6 heteroatoms. The lowest BCUT2D eigenvalue weighted by Crippen LogP contribution is -2.45. The summed E-state index contributed by atoms with van der Waals surface area (Å²) in [5.41, 5.74) is 0.657. The Morgan fingerprint density at radius 1 is 1.32 bits per heavy atom. The summed E-state index contributed by atoms with van der Waals surface area (Å²) in [6.45, 7) is 5.02. The Hall–Kier alpha value is -2.11. The van der Waals surface area contributed by atoms with E-state index in [-0.39, 0.29) is 17.4 Å². The summed E-state index contributed by atoms with van der Waals surface area (Å²) in [7, 11) is 1.27. The Morgan fingerprint density at radius 3 is 2.37 bits per heavy atom. The topological polar surface area (TPSA) is 88.3 Å². The molecule has 0 aliphatic heterocycles. The average Bonchev–Trinajstić information content (AvgIpc) is 2.84. The predicted molar refractivity (Wildman–Crippen MR) is 68.9 cm³/mol. The van der Waals surface area contributed by atoms with Gasteiger partial charge >= 0.3 is 5.97 Å². The van der Waals surface area contributed by atoms with Gasteiger partial charge < -0.3 is 15.0 Å². The Bertz CT molecular complexity index is 491. The van der Waals surface area contributed by atoms with Gasteiger partial charge in [0.25, 0.3) is 5.91 Å². The molecular weight excluding hydrogens is 248 g/mol. The molecule has 0 bridgehead atoms. The maximum absolute atomic E-state index is 12.0. The molecule has 0 aliphatic carbocycles. The van der Waals surface area contributed by atoms with Crippen molar-refractivity contribution in [2.24, 2.45) is 5.92 Å². The summed E-state index contributed by atoms with van der Waals surface area (Å²) in [4.78, 5) is 37.3. The molecule has 1 unspecified atom stereocenters. The summed E-state index contributed by atoms with van der Waals surface area (Å²) < 4.78 is 4.64. The largest absolute Gasteiger partial charge is 0.467 e. The van der Waals surface area contributed by atoms with Crippen molar-refractivity contribution in [1.82, 2.24) is 10.3 Å². The smallest absolute Gasteiger partial charge is 0.328 e. The molecule has 1 aromatic heterocycles. The van der Waals surface area contributed by atoms with Gasteiger partial charge in [-0.3, -0.25) is 9.59 Å². The molecule has 0 aliphatic rings. The Kier molecular flexibility index (Phi) is 4.86. The number of aromatic amines is 1. The third-order valence-electron chi connectivity index (χ3n) is 2.74. The molecule has 0 fully saturated rings. The Labute approximate surface area is 111 Å². The van der Waals surface area contributed by atoms with Crippen molar-refractivity contribution in [1.29, 1.82) is 0 Å². The number of rotatable bonds is 5. The van der Waals surface area contributed by atoms with E-state index in [4.69, 9.17) is 0 Å². The number of Topliss-reactive ketones (excluding diaryl/α,β-unsaturated/α-hetero) is 1. The third kappa shape index (κ3) is 3.67. The van der Waals surface area contributed by atoms with Crippen LogP contribution >= 0.6 is 0 Å². The third-order valence-corrected chi connectivity index (χ3v) is 2.74. The predicted octanol–water partition coefficient (Wildman–Crippen LogP) is 1.14. The second kappa shape index (κ2) is 6.17. The highest BCUT2D eigenvalue weighted by Gasteiger charge is 2.25. The fraction of sp³-hybridized carbons (Fsp3) is 0.462. The van der Waals surface area contributed by atoms with E-state index in [1.165, 1.54) is 26.3 Å². The molecule has 1 aromatic rings. The van der Waals surface area contributed by atoms with Crippen LogP contribution in [0.2, 0.25) is 0 Å². The van der Waals surface area contributed by atoms with E-state index >= 15 is 0 Å². The minimum absolute atomic E-state index is 0.0985. The highest BCUT2D eigenvalue weighted by molar-refractivity contribution is 6.00. The number of hydrogen-bond donors (Lipinski definition) is 2. The van der Waals surface area contributed by atoms with E-state index in [1.807, 2.05) is 0 Å². The van der Waals surface area contributed by atoms with Gasteiger partial charge in [-0.2, -0.15) is 0 Å². The van der Waals surface area contributed by atoms with Crippen molar-refractivity contribution >= 4 is 17.7 Å². The van der Waals surface area contributed by atoms with E-state index in [0.717, 1.165) is 0 Å². The number of amides is 1. The summed E-state index contributed by atoms with van der Waals surface area (Å²) >= 11 is 0. The van der Waals surface area contributed by atoms with Crippen LogP contribution in [0.15, 0.2) is 12.3 Å². The number of carbonyl (C=O) groups is 3. The summed E-state index contributed by atoms with van der Waals surface area (Å²) in [5, 5.41) is 2.58. The number of carbonyl (C=O) groups excluding carboxylic acids is 3. The fourth-order valence-corrected chi connectivity index (χ4v) is 1.57. The highest BCUT2D eigenvalue weighted by atomic mass is 16.5. The van der Waals surface area contributed by atoms with Gasteiger partial charge in [-0.1, -0.05) is 13.8 Å². The van der Waals surface area contributed by atoms with E-state index in [2.05, 4.69) is 15.0 Å². The van der Waals surface area contributed by atoms with Gasteiger partial charge in [-0.25, -0.2) is 4.79 Å². The number of nitrogens with one attached hydrogen (secondary N) is 2. The first-order valence-corrected chi connectivity index (χ1v) is 5.94. The molecule has 0 aromatic carbocycles. The van der Waals surface area contributed by atoms with E-state index < -0.39 is 17.9 Å². The van der Waals surface area contributed by atoms with Crippen LogP contribution in [0.1, 0.15) is 41.6 Å². The van der Waals surface area contributed by atoms with Gasteiger partial charge in [0.15, 0.2) is 5.78 Å². The zero-order valence-electron chi connectivity index (χ0n) is 11.4. The number of ether oxygens (including phenoxy) is 1. The molecule has 1 rings (SSSR count). The van der Waals surface area contributed by atoms with Crippen LogP contribution in [-0.2, 0) is 9.53 Å². The van der Waals surface area contributed by atoms with Crippen LogP contribution in [0.4, 0.5) is 0 Å². The quantitative estimate of drug-likeness (QED) is 0.618. The normalized spacial score (nSPS) is 12.1. The standard InChI is InChI=1S/C13H18N2O4/c1-7(2)11(13(18)19-4)15-12(17)10-5-9(6-14-10)8(3)16/h5-7,11,14H,1-4H3,(H,15,17). The first kappa shape index (κ1) is 14.9. The Balaban J connectivity index is 2.81. The monoisotopic (exact) mass is 266 g/mol. The molecule has 2 N–H and O–H groups in total. The SMILES string of the molecule is COC(=O)C(NC(=O)c1cc(C(C)=O)c[nH]1)C(C)C. The van der Waals surface area contributed by atoms with Gasteiger partial charge in [0.1, 0.15) is 11.7 Å². The van der Waals surface area contributed by atoms with Crippen molar-refractivity contribution < 1.29 is 19.1 Å². The Morgan fingerprint density at radius 2 is 1.95 bits per heavy atom. The highest BCUT2D eigenvalue weighted by Crippen LogP contribution is 2.08. The molecule has 19 heavy (non-hydrogen) atoms. The lowest BCUT2D eigenvalue weighted by atomic mass is 10.0. The zero-order chi connectivity index (χ0) is 14.6. The molecule has 1 amide bonds.